The molecule has 0 radical (unpaired) electrons. The minimum absolute atomic E-state index is 0.000922. The third-order valence-electron chi connectivity index (χ3n) is 2.71. The highest BCUT2D eigenvalue weighted by atomic mass is 16.6. The van der Waals surface area contributed by atoms with Crippen LogP contribution in [-0.2, 0) is 0 Å². The summed E-state index contributed by atoms with van der Waals surface area (Å²) in [5.74, 6) is 0.724. The van der Waals surface area contributed by atoms with Crippen molar-refractivity contribution in [2.45, 2.75) is 19.4 Å². The maximum Gasteiger partial charge on any atom is 0.287 e. The minimum atomic E-state index is -0.456. The predicted octanol–water partition coefficient (Wildman–Crippen LogP) is 0.869. The molecular weight excluding hydrogens is 210 g/mol. The van der Waals surface area contributed by atoms with Crippen molar-refractivity contribution in [2.75, 3.05) is 18.0 Å². The summed E-state index contributed by atoms with van der Waals surface area (Å²) in [6.45, 7) is 3.08. The van der Waals surface area contributed by atoms with E-state index in [1.54, 1.807) is 6.92 Å². The number of nitrogens with zero attached hydrogens (tertiary/aromatic N) is 3. The first-order chi connectivity index (χ1) is 7.58. The van der Waals surface area contributed by atoms with E-state index in [0.29, 0.717) is 6.54 Å². The molecule has 0 amide bonds. The molecule has 16 heavy (non-hydrogen) atoms. The molecule has 0 spiro atoms. The number of nitro groups is 1. The number of aromatic nitrogens is 1. The Bertz CT molecular complexity index is 422. The Kier molecular flexibility index (Phi) is 2.74. The molecule has 0 bridgehead atoms. The third kappa shape index (κ3) is 1.96. The van der Waals surface area contributed by atoms with Gasteiger partial charge < -0.3 is 10.0 Å². The molecule has 2 rings (SSSR count). The molecule has 1 aromatic heterocycles. The molecule has 1 fully saturated rings. The standard InChI is InChI=1S/C10H13N3O3/c1-7-4-8(13(15)16)5-11-10(7)12-3-2-9(14)6-12/h4-5,9,14H,2-3,6H2,1H3. The van der Waals surface area contributed by atoms with E-state index >= 15 is 0 Å². The molecule has 1 atom stereocenters. The van der Waals surface area contributed by atoms with Crippen LogP contribution in [0.3, 0.4) is 0 Å². The van der Waals surface area contributed by atoms with E-state index in [2.05, 4.69) is 4.98 Å². The first kappa shape index (κ1) is 10.8. The molecule has 1 aliphatic heterocycles. The maximum atomic E-state index is 10.5. The van der Waals surface area contributed by atoms with Gasteiger partial charge in [-0.3, -0.25) is 10.1 Å². The van der Waals surface area contributed by atoms with Crippen LogP contribution in [0.5, 0.6) is 0 Å². The van der Waals surface area contributed by atoms with Gasteiger partial charge in [-0.1, -0.05) is 0 Å². The Balaban J connectivity index is 2.26. The number of aliphatic hydroxyl groups excluding tert-OH is 1. The number of pyridine rings is 1. The zero-order valence-electron chi connectivity index (χ0n) is 8.96. The smallest absolute Gasteiger partial charge is 0.287 e. The van der Waals surface area contributed by atoms with Gasteiger partial charge in [-0.05, 0) is 18.9 Å². The van der Waals surface area contributed by atoms with Crippen molar-refractivity contribution >= 4 is 11.5 Å². The molecule has 1 aliphatic rings. The van der Waals surface area contributed by atoms with Crippen molar-refractivity contribution in [3.8, 4) is 0 Å². The zero-order valence-corrected chi connectivity index (χ0v) is 8.96. The second kappa shape index (κ2) is 4.05. The SMILES string of the molecule is Cc1cc([N+](=O)[O-])cnc1N1CCC(O)C1. The van der Waals surface area contributed by atoms with E-state index < -0.39 is 4.92 Å². The van der Waals surface area contributed by atoms with Crippen LogP contribution < -0.4 is 4.90 Å². The zero-order chi connectivity index (χ0) is 11.7. The van der Waals surface area contributed by atoms with Gasteiger partial charge in [0.2, 0.25) is 0 Å². The van der Waals surface area contributed by atoms with Gasteiger partial charge >= 0.3 is 0 Å². The summed E-state index contributed by atoms with van der Waals surface area (Å²) >= 11 is 0. The fraction of sp³-hybridized carbons (Fsp3) is 0.500. The van der Waals surface area contributed by atoms with Crippen LogP contribution in [0.1, 0.15) is 12.0 Å². The van der Waals surface area contributed by atoms with Crippen LogP contribution in [0, 0.1) is 17.0 Å². The largest absolute Gasteiger partial charge is 0.391 e. The van der Waals surface area contributed by atoms with E-state index in [0.717, 1.165) is 24.3 Å². The lowest BCUT2D eigenvalue weighted by Gasteiger charge is -2.18. The summed E-state index contributed by atoms with van der Waals surface area (Å²) in [5, 5.41) is 20.0. The van der Waals surface area contributed by atoms with Crippen LogP contribution >= 0.6 is 0 Å². The molecule has 86 valence electrons. The highest BCUT2D eigenvalue weighted by Crippen LogP contribution is 2.24. The normalized spacial score (nSPS) is 20.1. The van der Waals surface area contributed by atoms with E-state index in [-0.39, 0.29) is 11.8 Å². The topological polar surface area (TPSA) is 79.5 Å². The first-order valence-electron chi connectivity index (χ1n) is 5.12. The number of hydrogen-bond acceptors (Lipinski definition) is 5. The molecule has 0 saturated carbocycles. The van der Waals surface area contributed by atoms with Crippen LogP contribution in [0.25, 0.3) is 0 Å². The number of aryl methyl sites for hydroxylation is 1. The molecular formula is C10H13N3O3. The predicted molar refractivity (Wildman–Crippen MR) is 58.5 cm³/mol. The lowest BCUT2D eigenvalue weighted by Crippen LogP contribution is -2.23. The summed E-state index contributed by atoms with van der Waals surface area (Å²) in [6, 6.07) is 1.51. The molecule has 0 aliphatic carbocycles. The highest BCUT2D eigenvalue weighted by molar-refractivity contribution is 5.51. The van der Waals surface area contributed by atoms with Gasteiger partial charge in [0.1, 0.15) is 12.0 Å². The van der Waals surface area contributed by atoms with Crippen molar-refractivity contribution in [1.82, 2.24) is 4.98 Å². The number of anilines is 1. The second-order valence-electron chi connectivity index (χ2n) is 3.98. The molecule has 1 saturated heterocycles. The molecule has 6 nitrogen and oxygen atoms in total. The molecule has 0 aromatic carbocycles. The molecule has 1 aromatic rings. The van der Waals surface area contributed by atoms with E-state index in [4.69, 9.17) is 0 Å². The van der Waals surface area contributed by atoms with Gasteiger partial charge in [0, 0.05) is 19.2 Å². The maximum absolute atomic E-state index is 10.5. The van der Waals surface area contributed by atoms with Crippen LogP contribution in [0.4, 0.5) is 11.5 Å². The van der Waals surface area contributed by atoms with Crippen LogP contribution in [0.15, 0.2) is 12.3 Å². The summed E-state index contributed by atoms with van der Waals surface area (Å²) in [5.41, 5.74) is 0.768. The number of rotatable bonds is 2. The summed E-state index contributed by atoms with van der Waals surface area (Å²) in [6.07, 6.45) is 1.65. The summed E-state index contributed by atoms with van der Waals surface area (Å²) in [7, 11) is 0. The molecule has 2 heterocycles. The molecule has 1 unspecified atom stereocenters. The average Bonchev–Trinajstić information content (AvgIpc) is 2.64. The van der Waals surface area contributed by atoms with Crippen LogP contribution in [0.2, 0.25) is 0 Å². The van der Waals surface area contributed by atoms with Gasteiger partial charge in [-0.15, -0.1) is 0 Å². The lowest BCUT2D eigenvalue weighted by atomic mass is 10.2. The Morgan fingerprint density at radius 3 is 2.94 bits per heavy atom. The van der Waals surface area contributed by atoms with Gasteiger partial charge in [0.15, 0.2) is 0 Å². The Hall–Kier alpha value is -1.69. The van der Waals surface area contributed by atoms with Gasteiger partial charge in [0.25, 0.3) is 5.69 Å². The van der Waals surface area contributed by atoms with Crippen molar-refractivity contribution in [3.63, 3.8) is 0 Å². The number of β-amino-alcohol motifs (C(OH)–C–C–N with tert-alkyl or cyclic N) is 1. The van der Waals surface area contributed by atoms with Crippen LogP contribution in [-0.4, -0.2) is 34.2 Å². The minimum Gasteiger partial charge on any atom is -0.391 e. The van der Waals surface area contributed by atoms with Crippen molar-refractivity contribution < 1.29 is 10.0 Å². The van der Waals surface area contributed by atoms with E-state index in [9.17, 15) is 15.2 Å². The second-order valence-corrected chi connectivity index (χ2v) is 3.98. The average molecular weight is 223 g/mol. The van der Waals surface area contributed by atoms with Gasteiger partial charge in [0.05, 0.1) is 11.0 Å². The summed E-state index contributed by atoms with van der Waals surface area (Å²) in [4.78, 5) is 16.1. The highest BCUT2D eigenvalue weighted by Gasteiger charge is 2.23. The number of hydrogen-bond donors (Lipinski definition) is 1. The number of aliphatic hydroxyl groups is 1. The van der Waals surface area contributed by atoms with Gasteiger partial charge in [-0.25, -0.2) is 4.98 Å². The van der Waals surface area contributed by atoms with E-state index in [1.165, 1.54) is 12.3 Å². The monoisotopic (exact) mass is 223 g/mol. The lowest BCUT2D eigenvalue weighted by molar-refractivity contribution is -0.385. The molecule has 6 heteroatoms. The van der Waals surface area contributed by atoms with Crippen molar-refractivity contribution in [3.05, 3.63) is 27.9 Å². The Labute approximate surface area is 92.7 Å². The van der Waals surface area contributed by atoms with E-state index in [1.807, 2.05) is 4.90 Å². The quantitative estimate of drug-likeness (QED) is 0.594. The fourth-order valence-corrected chi connectivity index (χ4v) is 1.92. The Morgan fingerprint density at radius 2 is 2.44 bits per heavy atom. The van der Waals surface area contributed by atoms with Gasteiger partial charge in [-0.2, -0.15) is 0 Å². The Morgan fingerprint density at radius 1 is 1.69 bits per heavy atom. The summed E-state index contributed by atoms with van der Waals surface area (Å²) < 4.78 is 0. The third-order valence-corrected chi connectivity index (χ3v) is 2.71. The fourth-order valence-electron chi connectivity index (χ4n) is 1.92. The van der Waals surface area contributed by atoms with Crippen molar-refractivity contribution in [1.29, 1.82) is 0 Å². The van der Waals surface area contributed by atoms with Crippen molar-refractivity contribution in [2.24, 2.45) is 0 Å². The first-order valence-corrected chi connectivity index (χ1v) is 5.12. The molecule has 1 N–H and O–H groups in total.